The van der Waals surface area contributed by atoms with Crippen LogP contribution in [0.5, 0.6) is 0 Å². The van der Waals surface area contributed by atoms with Gasteiger partial charge in [-0.25, -0.2) is 4.79 Å². The lowest BCUT2D eigenvalue weighted by molar-refractivity contribution is -0.133. The zero-order valence-corrected chi connectivity index (χ0v) is 12.0. The Kier molecular flexibility index (Phi) is 4.96. The minimum absolute atomic E-state index is 0.276. The van der Waals surface area contributed by atoms with Crippen molar-refractivity contribution < 1.29 is 14.3 Å². The first kappa shape index (κ1) is 14.1. The Labute approximate surface area is 117 Å². The summed E-state index contributed by atoms with van der Waals surface area (Å²) in [6.45, 7) is 1.72. The van der Waals surface area contributed by atoms with Crippen molar-refractivity contribution in [2.45, 2.75) is 32.1 Å². The molecule has 0 spiro atoms. The molecular weight excluding hydrogens is 262 g/mol. The lowest BCUT2D eigenvalue weighted by atomic mass is 10.1. The zero-order chi connectivity index (χ0) is 13.7. The summed E-state index contributed by atoms with van der Waals surface area (Å²) in [6, 6.07) is 3.77. The van der Waals surface area contributed by atoms with Crippen molar-refractivity contribution in [2.75, 3.05) is 20.2 Å². The molecule has 0 atom stereocenters. The largest absolute Gasteiger partial charge is 0.465 e. The Balaban J connectivity index is 1.77. The van der Waals surface area contributed by atoms with E-state index in [9.17, 15) is 9.59 Å². The zero-order valence-electron chi connectivity index (χ0n) is 11.2. The molecule has 1 saturated heterocycles. The summed E-state index contributed by atoms with van der Waals surface area (Å²) in [4.78, 5) is 26.7. The highest BCUT2D eigenvalue weighted by atomic mass is 32.1. The van der Waals surface area contributed by atoms with Crippen molar-refractivity contribution in [1.82, 2.24) is 4.90 Å². The van der Waals surface area contributed by atoms with Crippen molar-refractivity contribution in [3.8, 4) is 0 Å². The van der Waals surface area contributed by atoms with Crippen molar-refractivity contribution in [2.24, 2.45) is 0 Å². The number of likely N-dealkylation sites (tertiary alicyclic amines) is 1. The maximum atomic E-state index is 11.6. The molecule has 0 radical (unpaired) electrons. The smallest absolute Gasteiger partial charge is 0.348 e. The van der Waals surface area contributed by atoms with Gasteiger partial charge in [-0.2, -0.15) is 0 Å². The molecule has 2 rings (SSSR count). The molecule has 0 bridgehead atoms. The monoisotopic (exact) mass is 281 g/mol. The Bertz CT molecular complexity index is 455. The number of thiophene rings is 1. The molecule has 1 aliphatic rings. The van der Waals surface area contributed by atoms with Crippen molar-refractivity contribution in [1.29, 1.82) is 0 Å². The maximum absolute atomic E-state index is 11.6. The fourth-order valence-corrected chi connectivity index (χ4v) is 3.23. The van der Waals surface area contributed by atoms with Crippen molar-refractivity contribution in [3.05, 3.63) is 21.9 Å². The summed E-state index contributed by atoms with van der Waals surface area (Å²) in [6.07, 6.45) is 4.71. The molecule has 0 aromatic carbocycles. The number of carbonyl (C=O) groups excluding carboxylic acids is 2. The second kappa shape index (κ2) is 6.70. The number of piperidine rings is 1. The standard InChI is InChI=1S/C14H19NO3S/c1-18-14(17)12-8-7-11(19-12)5-4-10-15-9-3-2-6-13(15)16/h7-8H,2-6,9-10H2,1H3. The molecule has 1 fully saturated rings. The quantitative estimate of drug-likeness (QED) is 0.779. The highest BCUT2D eigenvalue weighted by Crippen LogP contribution is 2.19. The van der Waals surface area contributed by atoms with Crippen LogP contribution in [0.3, 0.4) is 0 Å². The molecule has 2 heterocycles. The van der Waals surface area contributed by atoms with Crippen LogP contribution >= 0.6 is 11.3 Å². The average Bonchev–Trinajstić information content (AvgIpc) is 2.89. The van der Waals surface area contributed by atoms with E-state index in [0.717, 1.165) is 38.8 Å². The number of hydrogen-bond donors (Lipinski definition) is 0. The minimum atomic E-state index is -0.276. The van der Waals surface area contributed by atoms with Gasteiger partial charge in [0.1, 0.15) is 4.88 Å². The lowest BCUT2D eigenvalue weighted by Gasteiger charge is -2.26. The fourth-order valence-electron chi connectivity index (χ4n) is 2.26. The summed E-state index contributed by atoms with van der Waals surface area (Å²) in [5, 5.41) is 0. The molecule has 1 aromatic rings. The first-order chi connectivity index (χ1) is 9.20. The van der Waals surface area contributed by atoms with Crippen molar-refractivity contribution in [3.63, 3.8) is 0 Å². The van der Waals surface area contributed by atoms with Gasteiger partial charge in [0.05, 0.1) is 7.11 Å². The third kappa shape index (κ3) is 3.80. The summed E-state index contributed by atoms with van der Waals surface area (Å²) < 4.78 is 4.68. The Morgan fingerprint density at radius 3 is 3.00 bits per heavy atom. The molecule has 5 heteroatoms. The van der Waals surface area contributed by atoms with E-state index < -0.39 is 0 Å². The first-order valence-electron chi connectivity index (χ1n) is 6.65. The number of hydrogen-bond acceptors (Lipinski definition) is 4. The van der Waals surface area contributed by atoms with Gasteiger partial charge in [0.2, 0.25) is 5.91 Å². The number of methoxy groups -OCH3 is 1. The summed E-state index contributed by atoms with van der Waals surface area (Å²) >= 11 is 1.47. The minimum Gasteiger partial charge on any atom is -0.465 e. The van der Waals surface area contributed by atoms with Gasteiger partial charge < -0.3 is 9.64 Å². The first-order valence-corrected chi connectivity index (χ1v) is 7.47. The van der Waals surface area contributed by atoms with E-state index in [1.165, 1.54) is 23.3 Å². The van der Waals surface area contributed by atoms with Gasteiger partial charge in [-0.05, 0) is 37.8 Å². The van der Waals surface area contributed by atoms with Crippen LogP contribution in [0.25, 0.3) is 0 Å². The predicted octanol–water partition coefficient (Wildman–Crippen LogP) is 2.48. The number of esters is 1. The van der Waals surface area contributed by atoms with Crippen LogP contribution in [0.15, 0.2) is 12.1 Å². The molecule has 104 valence electrons. The number of nitrogens with zero attached hydrogens (tertiary/aromatic N) is 1. The van der Waals surface area contributed by atoms with Gasteiger partial charge >= 0.3 is 5.97 Å². The molecule has 0 unspecified atom stereocenters. The number of ether oxygens (including phenoxy) is 1. The van der Waals surface area contributed by atoms with Crippen LogP contribution in [-0.4, -0.2) is 37.0 Å². The summed E-state index contributed by atoms with van der Waals surface area (Å²) in [7, 11) is 1.39. The second-order valence-corrected chi connectivity index (χ2v) is 5.87. The molecular formula is C14H19NO3S. The molecule has 1 aromatic heterocycles. The molecule has 1 aliphatic heterocycles. The third-order valence-corrected chi connectivity index (χ3v) is 4.45. The van der Waals surface area contributed by atoms with Crippen LogP contribution in [0.4, 0.5) is 0 Å². The van der Waals surface area contributed by atoms with E-state index >= 15 is 0 Å². The highest BCUT2D eigenvalue weighted by molar-refractivity contribution is 7.13. The Hall–Kier alpha value is -1.36. The second-order valence-electron chi connectivity index (χ2n) is 4.70. The lowest BCUT2D eigenvalue weighted by Crippen LogP contribution is -2.36. The third-order valence-electron chi connectivity index (χ3n) is 3.32. The van der Waals surface area contributed by atoms with Crippen LogP contribution in [-0.2, 0) is 16.0 Å². The van der Waals surface area contributed by atoms with E-state index in [-0.39, 0.29) is 11.9 Å². The molecule has 0 saturated carbocycles. The Morgan fingerprint density at radius 2 is 2.26 bits per heavy atom. The summed E-state index contributed by atoms with van der Waals surface area (Å²) in [5.41, 5.74) is 0. The number of aryl methyl sites for hydroxylation is 1. The van der Waals surface area contributed by atoms with E-state index in [4.69, 9.17) is 0 Å². The van der Waals surface area contributed by atoms with Crippen LogP contribution in [0.1, 0.15) is 40.2 Å². The van der Waals surface area contributed by atoms with E-state index in [1.54, 1.807) is 6.07 Å². The SMILES string of the molecule is COC(=O)c1ccc(CCCN2CCCCC2=O)s1. The summed E-state index contributed by atoms with van der Waals surface area (Å²) in [5.74, 6) is 0.00939. The van der Waals surface area contributed by atoms with Gasteiger partial charge in [-0.1, -0.05) is 0 Å². The highest BCUT2D eigenvalue weighted by Gasteiger charge is 2.17. The van der Waals surface area contributed by atoms with Crippen molar-refractivity contribution >= 4 is 23.2 Å². The van der Waals surface area contributed by atoms with E-state index in [1.807, 2.05) is 11.0 Å². The van der Waals surface area contributed by atoms with Crippen LogP contribution in [0.2, 0.25) is 0 Å². The fraction of sp³-hybridized carbons (Fsp3) is 0.571. The van der Waals surface area contributed by atoms with E-state index in [0.29, 0.717) is 11.3 Å². The van der Waals surface area contributed by atoms with E-state index in [2.05, 4.69) is 4.74 Å². The van der Waals surface area contributed by atoms with Gasteiger partial charge in [0.15, 0.2) is 0 Å². The molecule has 1 amide bonds. The molecule has 0 N–H and O–H groups in total. The van der Waals surface area contributed by atoms with Gasteiger partial charge in [-0.3, -0.25) is 4.79 Å². The predicted molar refractivity (Wildman–Crippen MR) is 74.4 cm³/mol. The Morgan fingerprint density at radius 1 is 1.42 bits per heavy atom. The average molecular weight is 281 g/mol. The van der Waals surface area contributed by atoms with Gasteiger partial charge in [0, 0.05) is 24.4 Å². The van der Waals surface area contributed by atoms with Crippen LogP contribution < -0.4 is 0 Å². The van der Waals surface area contributed by atoms with Gasteiger partial charge in [0.25, 0.3) is 0 Å². The van der Waals surface area contributed by atoms with Crippen LogP contribution in [0, 0.1) is 0 Å². The normalized spacial score (nSPS) is 15.6. The number of carbonyl (C=O) groups is 2. The number of amides is 1. The topological polar surface area (TPSA) is 46.6 Å². The maximum Gasteiger partial charge on any atom is 0.348 e. The molecule has 19 heavy (non-hydrogen) atoms. The molecule has 4 nitrogen and oxygen atoms in total. The number of rotatable bonds is 5. The molecule has 0 aliphatic carbocycles. The van der Waals surface area contributed by atoms with Gasteiger partial charge in [-0.15, -0.1) is 11.3 Å².